The van der Waals surface area contributed by atoms with Crippen LogP contribution in [0.25, 0.3) is 0 Å². The standard InChI is InChI=1S/C20H27N3O2S/c1-4-15-11-8-12-16(5-2)19(15)23-20(21)22-13-17-9-6-7-10-18(17)14-26(3,24)25/h6-12H,4-5,13-14H2,1-3H3,(H3,21,22,23). The number of benzene rings is 2. The predicted octanol–water partition coefficient (Wildman–Crippen LogP) is 3.28. The molecule has 0 aliphatic carbocycles. The van der Waals surface area contributed by atoms with Crippen LogP contribution in [0.3, 0.4) is 0 Å². The van der Waals surface area contributed by atoms with E-state index in [9.17, 15) is 8.42 Å². The molecule has 0 saturated heterocycles. The van der Waals surface area contributed by atoms with Crippen molar-refractivity contribution in [3.63, 3.8) is 0 Å². The van der Waals surface area contributed by atoms with Crippen molar-refractivity contribution in [2.24, 2.45) is 10.7 Å². The summed E-state index contributed by atoms with van der Waals surface area (Å²) in [5.74, 6) is 0.333. The second-order valence-electron chi connectivity index (χ2n) is 6.32. The summed E-state index contributed by atoms with van der Waals surface area (Å²) in [4.78, 5) is 4.42. The first kappa shape index (κ1) is 20.0. The Labute approximate surface area is 156 Å². The van der Waals surface area contributed by atoms with Crippen LogP contribution >= 0.6 is 0 Å². The smallest absolute Gasteiger partial charge is 0.193 e. The van der Waals surface area contributed by atoms with E-state index in [1.165, 1.54) is 17.4 Å². The lowest BCUT2D eigenvalue weighted by Crippen LogP contribution is -2.24. The zero-order valence-corrected chi connectivity index (χ0v) is 16.4. The number of aliphatic imine (C=N–C) groups is 1. The monoisotopic (exact) mass is 373 g/mol. The summed E-state index contributed by atoms with van der Waals surface area (Å²) in [6, 6.07) is 13.6. The second-order valence-corrected chi connectivity index (χ2v) is 8.46. The van der Waals surface area contributed by atoms with Crippen LogP contribution in [0.2, 0.25) is 0 Å². The molecule has 0 unspecified atom stereocenters. The number of aryl methyl sites for hydroxylation is 2. The minimum atomic E-state index is -3.10. The molecule has 5 nitrogen and oxygen atoms in total. The molecule has 26 heavy (non-hydrogen) atoms. The van der Waals surface area contributed by atoms with Gasteiger partial charge in [-0.05, 0) is 35.1 Å². The zero-order chi connectivity index (χ0) is 19.2. The lowest BCUT2D eigenvalue weighted by molar-refractivity contribution is 0.601. The van der Waals surface area contributed by atoms with E-state index in [1.807, 2.05) is 24.3 Å². The Kier molecular flexibility index (Phi) is 6.80. The molecule has 0 aromatic heterocycles. The van der Waals surface area contributed by atoms with Crippen molar-refractivity contribution in [2.45, 2.75) is 39.0 Å². The van der Waals surface area contributed by atoms with E-state index in [1.54, 1.807) is 0 Å². The molecule has 0 radical (unpaired) electrons. The summed E-state index contributed by atoms with van der Waals surface area (Å²) in [7, 11) is -3.10. The molecule has 2 aromatic carbocycles. The predicted molar refractivity (Wildman–Crippen MR) is 109 cm³/mol. The van der Waals surface area contributed by atoms with Gasteiger partial charge in [0.05, 0.1) is 12.3 Å². The van der Waals surface area contributed by atoms with Crippen LogP contribution < -0.4 is 11.1 Å². The molecule has 0 atom stereocenters. The van der Waals surface area contributed by atoms with Gasteiger partial charge < -0.3 is 11.1 Å². The number of nitrogens with one attached hydrogen (secondary N) is 1. The van der Waals surface area contributed by atoms with Gasteiger partial charge in [0.2, 0.25) is 0 Å². The molecule has 0 aliphatic heterocycles. The average molecular weight is 374 g/mol. The van der Waals surface area contributed by atoms with Gasteiger partial charge in [-0.1, -0.05) is 56.3 Å². The van der Waals surface area contributed by atoms with Gasteiger partial charge in [-0.25, -0.2) is 13.4 Å². The summed E-state index contributed by atoms with van der Waals surface area (Å²) < 4.78 is 23.2. The van der Waals surface area contributed by atoms with Crippen molar-refractivity contribution in [2.75, 3.05) is 11.6 Å². The van der Waals surface area contributed by atoms with Gasteiger partial charge in [0.15, 0.2) is 15.8 Å². The summed E-state index contributed by atoms with van der Waals surface area (Å²) >= 11 is 0. The minimum Gasteiger partial charge on any atom is -0.370 e. The number of nitrogens with zero attached hydrogens (tertiary/aromatic N) is 1. The average Bonchev–Trinajstić information content (AvgIpc) is 2.59. The molecule has 2 aromatic rings. The highest BCUT2D eigenvalue weighted by atomic mass is 32.2. The van der Waals surface area contributed by atoms with Crippen LogP contribution in [-0.4, -0.2) is 20.6 Å². The number of hydrogen-bond acceptors (Lipinski definition) is 3. The van der Waals surface area contributed by atoms with Crippen LogP contribution in [0.1, 0.15) is 36.1 Å². The molecule has 0 spiro atoms. The fourth-order valence-corrected chi connectivity index (χ4v) is 3.72. The molecule has 0 saturated carbocycles. The molecule has 140 valence electrons. The number of rotatable bonds is 7. The molecule has 0 aliphatic rings. The fraction of sp³-hybridized carbons (Fsp3) is 0.350. The Morgan fingerprint density at radius 1 is 0.962 bits per heavy atom. The van der Waals surface area contributed by atoms with Crippen LogP contribution in [-0.2, 0) is 35.0 Å². The van der Waals surface area contributed by atoms with Gasteiger partial charge in [0.25, 0.3) is 0 Å². The van der Waals surface area contributed by atoms with Crippen LogP contribution in [0.15, 0.2) is 47.5 Å². The quantitative estimate of drug-likeness (QED) is 0.576. The van der Waals surface area contributed by atoms with Crippen molar-refractivity contribution in [1.29, 1.82) is 0 Å². The molecule has 2 rings (SSSR count). The third-order valence-electron chi connectivity index (χ3n) is 4.21. The van der Waals surface area contributed by atoms with Gasteiger partial charge in [-0.15, -0.1) is 0 Å². The Hall–Kier alpha value is -2.34. The normalized spacial score (nSPS) is 12.2. The lowest BCUT2D eigenvalue weighted by Gasteiger charge is -2.15. The summed E-state index contributed by atoms with van der Waals surface area (Å²) in [5, 5.41) is 3.23. The molecule has 3 N–H and O–H groups in total. The maximum absolute atomic E-state index is 11.6. The fourth-order valence-electron chi connectivity index (χ4n) is 2.88. The van der Waals surface area contributed by atoms with Gasteiger partial charge in [-0.2, -0.15) is 0 Å². The number of guanidine groups is 1. The first-order valence-electron chi connectivity index (χ1n) is 8.76. The van der Waals surface area contributed by atoms with E-state index in [2.05, 4.69) is 42.4 Å². The largest absolute Gasteiger partial charge is 0.370 e. The van der Waals surface area contributed by atoms with Crippen molar-refractivity contribution in [3.8, 4) is 0 Å². The van der Waals surface area contributed by atoms with Gasteiger partial charge in [0.1, 0.15) is 0 Å². The highest BCUT2D eigenvalue weighted by Gasteiger charge is 2.10. The van der Waals surface area contributed by atoms with Gasteiger partial charge in [-0.3, -0.25) is 0 Å². The van der Waals surface area contributed by atoms with Crippen molar-refractivity contribution in [1.82, 2.24) is 0 Å². The highest BCUT2D eigenvalue weighted by molar-refractivity contribution is 7.89. The SMILES string of the molecule is CCc1cccc(CC)c1NC(N)=NCc1ccccc1CS(C)(=O)=O. The Morgan fingerprint density at radius 2 is 1.50 bits per heavy atom. The molecular weight excluding hydrogens is 346 g/mol. The highest BCUT2D eigenvalue weighted by Crippen LogP contribution is 2.22. The molecule has 0 heterocycles. The molecule has 6 heteroatoms. The van der Waals surface area contributed by atoms with Crippen LogP contribution in [0.4, 0.5) is 5.69 Å². The summed E-state index contributed by atoms with van der Waals surface area (Å²) in [6.07, 6.45) is 3.04. The molecule has 0 fully saturated rings. The first-order chi connectivity index (χ1) is 12.3. The summed E-state index contributed by atoms with van der Waals surface area (Å²) in [6.45, 7) is 4.55. The number of nitrogens with two attached hydrogens (primary N) is 1. The van der Waals surface area contributed by atoms with Crippen molar-refractivity contribution < 1.29 is 8.42 Å². The maximum Gasteiger partial charge on any atom is 0.193 e. The molecule has 0 bridgehead atoms. The van der Waals surface area contributed by atoms with Crippen molar-refractivity contribution in [3.05, 3.63) is 64.7 Å². The number of hydrogen-bond donors (Lipinski definition) is 2. The zero-order valence-electron chi connectivity index (χ0n) is 15.6. The lowest BCUT2D eigenvalue weighted by atomic mass is 10.0. The maximum atomic E-state index is 11.6. The second kappa shape index (κ2) is 8.85. The van der Waals surface area contributed by atoms with E-state index in [4.69, 9.17) is 5.73 Å². The van der Waals surface area contributed by atoms with Crippen LogP contribution in [0, 0.1) is 0 Å². The topological polar surface area (TPSA) is 84.5 Å². The first-order valence-corrected chi connectivity index (χ1v) is 10.8. The Bertz CT molecular complexity index is 867. The third kappa shape index (κ3) is 5.59. The Morgan fingerprint density at radius 3 is 2.04 bits per heavy atom. The number of sulfone groups is 1. The van der Waals surface area contributed by atoms with E-state index in [0.717, 1.165) is 29.7 Å². The molecule has 0 amide bonds. The van der Waals surface area contributed by atoms with E-state index >= 15 is 0 Å². The Balaban J connectivity index is 2.20. The molecular formula is C20H27N3O2S. The summed E-state index contributed by atoms with van der Waals surface area (Å²) in [5.41, 5.74) is 11.1. The van der Waals surface area contributed by atoms with E-state index in [-0.39, 0.29) is 5.75 Å². The number of anilines is 1. The van der Waals surface area contributed by atoms with E-state index < -0.39 is 9.84 Å². The van der Waals surface area contributed by atoms with Gasteiger partial charge >= 0.3 is 0 Å². The van der Waals surface area contributed by atoms with Gasteiger partial charge in [0, 0.05) is 11.9 Å². The number of para-hydroxylation sites is 1. The van der Waals surface area contributed by atoms with E-state index in [0.29, 0.717) is 12.5 Å². The van der Waals surface area contributed by atoms with Crippen molar-refractivity contribution >= 4 is 21.5 Å². The third-order valence-corrected chi connectivity index (χ3v) is 5.04. The van der Waals surface area contributed by atoms with Crippen LogP contribution in [0.5, 0.6) is 0 Å². The minimum absolute atomic E-state index is 0.00464.